The van der Waals surface area contributed by atoms with Gasteiger partial charge in [-0.3, -0.25) is 14.6 Å². The fourth-order valence-electron chi connectivity index (χ4n) is 3.89. The molecule has 0 aromatic carbocycles. The highest BCUT2D eigenvalue weighted by atomic mass is 16.4. The van der Waals surface area contributed by atoms with Crippen molar-refractivity contribution in [3.63, 3.8) is 0 Å². The lowest BCUT2D eigenvalue weighted by molar-refractivity contribution is -0.137. The molecule has 0 radical (unpaired) electrons. The molecule has 0 atom stereocenters. The smallest absolute Gasteiger partial charge is 0.303 e. The van der Waals surface area contributed by atoms with Gasteiger partial charge in [-0.15, -0.1) is 0 Å². The Balaban J connectivity index is 0.000000601. The highest BCUT2D eigenvalue weighted by molar-refractivity contribution is 5.88. The summed E-state index contributed by atoms with van der Waals surface area (Å²) in [7, 11) is 0. The molecule has 1 aliphatic rings. The van der Waals surface area contributed by atoms with E-state index in [4.69, 9.17) is 5.11 Å². The number of carbonyl (C=O) groups is 2. The first kappa shape index (κ1) is 30.6. The van der Waals surface area contributed by atoms with Gasteiger partial charge in [0.2, 0.25) is 5.91 Å². The first-order chi connectivity index (χ1) is 15.6. The summed E-state index contributed by atoms with van der Waals surface area (Å²) in [5.41, 5.74) is 0. The number of aliphatic imine (C=N–C) groups is 1. The summed E-state index contributed by atoms with van der Waals surface area (Å²) < 4.78 is 0. The molecule has 0 saturated carbocycles. The summed E-state index contributed by atoms with van der Waals surface area (Å²) in [4.78, 5) is 27.7. The van der Waals surface area contributed by atoms with Crippen LogP contribution in [0.5, 0.6) is 0 Å². The van der Waals surface area contributed by atoms with E-state index in [9.17, 15) is 9.59 Å². The van der Waals surface area contributed by atoms with E-state index in [1.165, 1.54) is 96.3 Å². The van der Waals surface area contributed by atoms with Crippen molar-refractivity contribution in [2.45, 2.75) is 142 Å². The second-order valence-electron chi connectivity index (χ2n) is 9.16. The molecule has 0 saturated heterocycles. The van der Waals surface area contributed by atoms with Crippen LogP contribution in [-0.2, 0) is 9.59 Å². The molecule has 188 valence electrons. The summed E-state index contributed by atoms with van der Waals surface area (Å²) in [5, 5.41) is 8.46. The maximum Gasteiger partial charge on any atom is 0.303 e. The Kier molecular flexibility index (Phi) is 23.2. The zero-order valence-corrected chi connectivity index (χ0v) is 21.3. The quantitative estimate of drug-likeness (QED) is 0.192. The highest BCUT2D eigenvalue weighted by Crippen LogP contribution is 2.12. The second kappa shape index (κ2) is 24.3. The van der Waals surface area contributed by atoms with Crippen LogP contribution in [0.1, 0.15) is 142 Å². The first-order valence-corrected chi connectivity index (χ1v) is 13.6. The SMILES string of the molecule is CCCCCCCCCC(=O)N1C=NCC1.CCCCCCCCCCCCCC(=O)O. The molecular weight excluding hydrogens is 400 g/mol. The second-order valence-corrected chi connectivity index (χ2v) is 9.16. The Labute approximate surface area is 198 Å². The van der Waals surface area contributed by atoms with Gasteiger partial charge in [-0.05, 0) is 12.8 Å². The van der Waals surface area contributed by atoms with Crippen LogP contribution in [0.15, 0.2) is 4.99 Å². The lowest BCUT2D eigenvalue weighted by Crippen LogP contribution is -2.27. The Morgan fingerprint density at radius 3 is 1.47 bits per heavy atom. The van der Waals surface area contributed by atoms with Gasteiger partial charge in [0.15, 0.2) is 0 Å². The number of nitrogens with zero attached hydrogens (tertiary/aromatic N) is 2. The molecule has 1 N–H and O–H groups in total. The number of carbonyl (C=O) groups excluding carboxylic acids is 1. The van der Waals surface area contributed by atoms with Crippen molar-refractivity contribution < 1.29 is 14.7 Å². The molecular formula is C27H52N2O3. The van der Waals surface area contributed by atoms with Gasteiger partial charge in [-0.25, -0.2) is 0 Å². The van der Waals surface area contributed by atoms with Gasteiger partial charge in [0.05, 0.1) is 12.9 Å². The van der Waals surface area contributed by atoms with Crippen molar-refractivity contribution in [3.8, 4) is 0 Å². The van der Waals surface area contributed by atoms with Gasteiger partial charge in [0.25, 0.3) is 0 Å². The molecule has 0 aromatic rings. The Morgan fingerprint density at radius 1 is 0.688 bits per heavy atom. The molecule has 0 fully saturated rings. The summed E-state index contributed by atoms with van der Waals surface area (Å²) in [6, 6.07) is 0. The summed E-state index contributed by atoms with van der Waals surface area (Å²) in [6.07, 6.45) is 25.6. The van der Waals surface area contributed by atoms with E-state index in [1.54, 1.807) is 11.2 Å². The number of amides is 1. The monoisotopic (exact) mass is 452 g/mol. The first-order valence-electron chi connectivity index (χ1n) is 13.6. The highest BCUT2D eigenvalue weighted by Gasteiger charge is 2.13. The predicted molar refractivity (Wildman–Crippen MR) is 136 cm³/mol. The molecule has 0 unspecified atom stereocenters. The minimum atomic E-state index is -0.657. The van der Waals surface area contributed by atoms with E-state index in [-0.39, 0.29) is 5.91 Å². The van der Waals surface area contributed by atoms with Gasteiger partial charge < -0.3 is 10.0 Å². The van der Waals surface area contributed by atoms with Gasteiger partial charge in [0.1, 0.15) is 0 Å². The fraction of sp³-hybridized carbons (Fsp3) is 0.889. The van der Waals surface area contributed by atoms with E-state index in [0.29, 0.717) is 12.8 Å². The number of carboxylic acids is 1. The van der Waals surface area contributed by atoms with Crippen LogP contribution >= 0.6 is 0 Å². The third-order valence-electron chi connectivity index (χ3n) is 6.00. The molecule has 1 rings (SSSR count). The van der Waals surface area contributed by atoms with Gasteiger partial charge in [-0.2, -0.15) is 0 Å². The van der Waals surface area contributed by atoms with Crippen LogP contribution in [0.4, 0.5) is 0 Å². The van der Waals surface area contributed by atoms with Crippen LogP contribution in [0.25, 0.3) is 0 Å². The standard InChI is InChI=1S/C14H28O2.C13H24N2O/c1-2-3-4-5-6-7-8-9-10-11-12-13-14(15)16;1-2-3-4-5-6-7-8-9-13(16)15-11-10-14-12-15/h2-13H2,1H3,(H,15,16);12H,2-11H2,1H3. The summed E-state index contributed by atoms with van der Waals surface area (Å²) in [5.74, 6) is -0.411. The Bertz CT molecular complexity index is 466. The van der Waals surface area contributed by atoms with E-state index < -0.39 is 5.97 Å². The van der Waals surface area contributed by atoms with Crippen molar-refractivity contribution in [2.75, 3.05) is 13.1 Å². The normalized spacial score (nSPS) is 12.6. The average molecular weight is 453 g/mol. The Hall–Kier alpha value is -1.39. The number of unbranched alkanes of at least 4 members (excludes halogenated alkanes) is 16. The summed E-state index contributed by atoms with van der Waals surface area (Å²) >= 11 is 0. The van der Waals surface area contributed by atoms with Crippen molar-refractivity contribution in [2.24, 2.45) is 4.99 Å². The predicted octanol–water partition coefficient (Wildman–Crippen LogP) is 7.77. The van der Waals surface area contributed by atoms with E-state index in [2.05, 4.69) is 18.8 Å². The van der Waals surface area contributed by atoms with Crippen LogP contribution < -0.4 is 0 Å². The molecule has 1 amide bonds. The van der Waals surface area contributed by atoms with E-state index >= 15 is 0 Å². The number of hydrogen-bond acceptors (Lipinski definition) is 3. The minimum Gasteiger partial charge on any atom is -0.481 e. The minimum absolute atomic E-state index is 0.245. The van der Waals surface area contributed by atoms with Gasteiger partial charge >= 0.3 is 5.97 Å². The zero-order chi connectivity index (χ0) is 23.7. The molecule has 0 spiro atoms. The van der Waals surface area contributed by atoms with E-state index in [0.717, 1.165) is 32.4 Å². The van der Waals surface area contributed by atoms with Crippen molar-refractivity contribution in [1.29, 1.82) is 0 Å². The molecule has 0 aromatic heterocycles. The van der Waals surface area contributed by atoms with Gasteiger partial charge in [0, 0.05) is 19.4 Å². The molecule has 5 nitrogen and oxygen atoms in total. The summed E-state index contributed by atoms with van der Waals surface area (Å²) in [6.45, 7) is 6.05. The van der Waals surface area contributed by atoms with Crippen LogP contribution in [0, 0.1) is 0 Å². The van der Waals surface area contributed by atoms with Gasteiger partial charge in [-0.1, -0.05) is 117 Å². The van der Waals surface area contributed by atoms with E-state index in [1.807, 2.05) is 0 Å². The molecule has 1 heterocycles. The molecule has 5 heteroatoms. The fourth-order valence-corrected chi connectivity index (χ4v) is 3.89. The molecule has 0 bridgehead atoms. The number of hydrogen-bond donors (Lipinski definition) is 1. The lowest BCUT2D eigenvalue weighted by atomic mass is 10.1. The topological polar surface area (TPSA) is 70.0 Å². The van der Waals surface area contributed by atoms with Crippen LogP contribution in [0.3, 0.4) is 0 Å². The third kappa shape index (κ3) is 21.8. The zero-order valence-electron chi connectivity index (χ0n) is 21.3. The van der Waals surface area contributed by atoms with Crippen molar-refractivity contribution in [3.05, 3.63) is 0 Å². The van der Waals surface area contributed by atoms with Crippen LogP contribution in [0.2, 0.25) is 0 Å². The Morgan fingerprint density at radius 2 is 1.09 bits per heavy atom. The largest absolute Gasteiger partial charge is 0.481 e. The van der Waals surface area contributed by atoms with Crippen LogP contribution in [-0.4, -0.2) is 41.3 Å². The third-order valence-corrected chi connectivity index (χ3v) is 6.00. The number of aliphatic carboxylic acids is 1. The lowest BCUT2D eigenvalue weighted by Gasteiger charge is -2.11. The molecule has 0 aliphatic carbocycles. The number of carboxylic acid groups (broad SMARTS) is 1. The maximum absolute atomic E-state index is 11.6. The van der Waals surface area contributed by atoms with Crippen molar-refractivity contribution in [1.82, 2.24) is 4.90 Å². The number of rotatable bonds is 20. The molecule has 32 heavy (non-hydrogen) atoms. The maximum atomic E-state index is 11.6. The molecule has 1 aliphatic heterocycles. The van der Waals surface area contributed by atoms with Crippen molar-refractivity contribution >= 4 is 18.2 Å². The average Bonchev–Trinajstić information content (AvgIpc) is 3.32.